The molecule has 1 heterocycles. The second kappa shape index (κ2) is 10.5. The normalized spacial score (nSPS) is 14.3. The summed E-state index contributed by atoms with van der Waals surface area (Å²) in [5.74, 6) is 1.60. The number of ketones is 1. The maximum absolute atomic E-state index is 12.9. The van der Waals surface area contributed by atoms with Crippen LogP contribution in [0.15, 0.2) is 54.7 Å². The van der Waals surface area contributed by atoms with Crippen molar-refractivity contribution in [1.29, 1.82) is 0 Å². The van der Waals surface area contributed by atoms with Gasteiger partial charge in [-0.05, 0) is 37.0 Å². The van der Waals surface area contributed by atoms with Crippen LogP contribution in [-0.2, 0) is 24.1 Å². The first-order valence-electron chi connectivity index (χ1n) is 11.7. The van der Waals surface area contributed by atoms with Gasteiger partial charge in [0, 0.05) is 12.0 Å². The van der Waals surface area contributed by atoms with Crippen LogP contribution < -0.4 is 4.74 Å². The van der Waals surface area contributed by atoms with Crippen molar-refractivity contribution in [3.05, 3.63) is 77.2 Å². The maximum Gasteiger partial charge on any atom is 0.143 e. The highest BCUT2D eigenvalue weighted by Crippen LogP contribution is 2.28. The maximum atomic E-state index is 12.9. The third-order valence-electron chi connectivity index (χ3n) is 6.41. The summed E-state index contributed by atoms with van der Waals surface area (Å²) in [6.45, 7) is 2.08. The molecule has 3 aromatic rings. The van der Waals surface area contributed by atoms with Gasteiger partial charge < -0.3 is 4.74 Å². The van der Waals surface area contributed by atoms with E-state index in [-0.39, 0.29) is 5.78 Å². The molecule has 1 aromatic heterocycles. The highest BCUT2D eigenvalue weighted by Gasteiger charge is 2.19. The number of aryl methyl sites for hydroxylation is 1. The molecule has 0 saturated heterocycles. The number of rotatable bonds is 8. The van der Waals surface area contributed by atoms with E-state index in [0.29, 0.717) is 18.8 Å². The van der Waals surface area contributed by atoms with Gasteiger partial charge in [-0.1, -0.05) is 74.1 Å². The highest BCUT2D eigenvalue weighted by molar-refractivity contribution is 5.83. The van der Waals surface area contributed by atoms with E-state index in [4.69, 9.17) is 14.7 Å². The number of ether oxygens (including phenoxy) is 1. The SMILES string of the molecule is COc1ccc(CC(=O)Cc2ncc(-c3ccc(C)cc3)nc2CC2CCCCC2)cc1. The van der Waals surface area contributed by atoms with Gasteiger partial charge in [0.25, 0.3) is 0 Å². The molecular weight excluding hydrogens is 396 g/mol. The molecular formula is C28H32N2O2. The van der Waals surface area contributed by atoms with Crippen LogP contribution in [0.5, 0.6) is 5.75 Å². The molecule has 0 radical (unpaired) electrons. The molecule has 1 saturated carbocycles. The van der Waals surface area contributed by atoms with E-state index in [1.165, 1.54) is 37.7 Å². The lowest BCUT2D eigenvalue weighted by molar-refractivity contribution is -0.117. The third kappa shape index (κ3) is 5.82. The minimum absolute atomic E-state index is 0.164. The molecule has 0 aliphatic heterocycles. The summed E-state index contributed by atoms with van der Waals surface area (Å²) >= 11 is 0. The summed E-state index contributed by atoms with van der Waals surface area (Å²) in [4.78, 5) is 22.6. The molecule has 0 amide bonds. The molecule has 4 rings (SSSR count). The van der Waals surface area contributed by atoms with Crippen LogP contribution in [0, 0.1) is 12.8 Å². The first-order valence-corrected chi connectivity index (χ1v) is 11.7. The van der Waals surface area contributed by atoms with Crippen molar-refractivity contribution in [2.75, 3.05) is 7.11 Å². The van der Waals surface area contributed by atoms with Crippen LogP contribution in [-0.4, -0.2) is 22.9 Å². The van der Waals surface area contributed by atoms with Crippen molar-refractivity contribution in [2.24, 2.45) is 5.92 Å². The van der Waals surface area contributed by atoms with E-state index in [1.807, 2.05) is 30.5 Å². The van der Waals surface area contributed by atoms with Gasteiger partial charge in [0.15, 0.2) is 0 Å². The molecule has 1 aliphatic carbocycles. The first kappa shape index (κ1) is 22.2. The molecule has 1 aliphatic rings. The smallest absolute Gasteiger partial charge is 0.143 e. The van der Waals surface area contributed by atoms with Gasteiger partial charge in [0.2, 0.25) is 0 Å². The molecule has 166 valence electrons. The van der Waals surface area contributed by atoms with E-state index in [2.05, 4.69) is 31.2 Å². The predicted octanol–water partition coefficient (Wildman–Crippen LogP) is 5.94. The number of Topliss-reactive ketones (excluding diaryl/α,β-unsaturated/α-hetero) is 1. The summed E-state index contributed by atoms with van der Waals surface area (Å²) < 4.78 is 5.21. The summed E-state index contributed by atoms with van der Waals surface area (Å²) in [6.07, 6.45) is 9.87. The Balaban J connectivity index is 1.54. The monoisotopic (exact) mass is 428 g/mol. The third-order valence-corrected chi connectivity index (χ3v) is 6.41. The van der Waals surface area contributed by atoms with Crippen LogP contribution >= 0.6 is 0 Å². The average Bonchev–Trinajstić information content (AvgIpc) is 2.82. The molecule has 0 unspecified atom stereocenters. The number of nitrogens with zero attached hydrogens (tertiary/aromatic N) is 2. The van der Waals surface area contributed by atoms with Crippen LogP contribution in [0.25, 0.3) is 11.3 Å². The van der Waals surface area contributed by atoms with E-state index in [0.717, 1.165) is 40.4 Å². The Morgan fingerprint density at radius 2 is 1.66 bits per heavy atom. The van der Waals surface area contributed by atoms with Crippen LogP contribution in [0.3, 0.4) is 0 Å². The summed E-state index contributed by atoms with van der Waals surface area (Å²) in [6, 6.07) is 16.1. The predicted molar refractivity (Wildman–Crippen MR) is 128 cm³/mol. The Kier molecular flexibility index (Phi) is 7.31. The number of hydrogen-bond acceptors (Lipinski definition) is 4. The lowest BCUT2D eigenvalue weighted by Crippen LogP contribution is -2.16. The van der Waals surface area contributed by atoms with Gasteiger partial charge in [-0.2, -0.15) is 0 Å². The zero-order chi connectivity index (χ0) is 22.3. The Morgan fingerprint density at radius 3 is 2.34 bits per heavy atom. The van der Waals surface area contributed by atoms with Gasteiger partial charge in [-0.3, -0.25) is 9.78 Å². The molecule has 1 fully saturated rings. The summed E-state index contributed by atoms with van der Waals surface area (Å²) in [5.41, 5.74) is 6.02. The van der Waals surface area contributed by atoms with E-state index >= 15 is 0 Å². The number of hydrogen-bond donors (Lipinski definition) is 0. The molecule has 4 heteroatoms. The van der Waals surface area contributed by atoms with Gasteiger partial charge in [-0.25, -0.2) is 4.98 Å². The Labute approximate surface area is 191 Å². The lowest BCUT2D eigenvalue weighted by Gasteiger charge is -2.22. The molecule has 0 spiro atoms. The van der Waals surface area contributed by atoms with Crippen LogP contribution in [0.1, 0.15) is 54.6 Å². The Morgan fingerprint density at radius 1 is 0.938 bits per heavy atom. The van der Waals surface area contributed by atoms with Crippen molar-refractivity contribution >= 4 is 5.78 Å². The highest BCUT2D eigenvalue weighted by atomic mass is 16.5. The fourth-order valence-corrected chi connectivity index (χ4v) is 4.51. The number of methoxy groups -OCH3 is 1. The number of carbonyl (C=O) groups excluding carboxylic acids is 1. The zero-order valence-corrected chi connectivity index (χ0v) is 19.1. The number of aromatic nitrogens is 2. The first-order chi connectivity index (χ1) is 15.6. The van der Waals surface area contributed by atoms with Crippen molar-refractivity contribution in [3.8, 4) is 17.0 Å². The molecule has 0 atom stereocenters. The second-order valence-electron chi connectivity index (χ2n) is 8.96. The quantitative estimate of drug-likeness (QED) is 0.446. The minimum atomic E-state index is 0.164. The molecule has 32 heavy (non-hydrogen) atoms. The van der Waals surface area contributed by atoms with Crippen LogP contribution in [0.2, 0.25) is 0 Å². The van der Waals surface area contributed by atoms with E-state index in [1.54, 1.807) is 7.11 Å². The van der Waals surface area contributed by atoms with Gasteiger partial charge in [-0.15, -0.1) is 0 Å². The van der Waals surface area contributed by atoms with Crippen molar-refractivity contribution in [3.63, 3.8) is 0 Å². The van der Waals surface area contributed by atoms with Crippen molar-refractivity contribution < 1.29 is 9.53 Å². The number of benzene rings is 2. The Hall–Kier alpha value is -3.01. The average molecular weight is 429 g/mol. The van der Waals surface area contributed by atoms with E-state index < -0.39 is 0 Å². The fourth-order valence-electron chi connectivity index (χ4n) is 4.51. The van der Waals surface area contributed by atoms with Gasteiger partial charge in [0.05, 0.1) is 36.8 Å². The van der Waals surface area contributed by atoms with Crippen molar-refractivity contribution in [2.45, 2.75) is 58.3 Å². The largest absolute Gasteiger partial charge is 0.497 e. The molecule has 0 N–H and O–H groups in total. The van der Waals surface area contributed by atoms with E-state index in [9.17, 15) is 4.79 Å². The zero-order valence-electron chi connectivity index (χ0n) is 19.1. The summed E-state index contributed by atoms with van der Waals surface area (Å²) in [7, 11) is 1.65. The topological polar surface area (TPSA) is 52.1 Å². The lowest BCUT2D eigenvalue weighted by atomic mass is 9.85. The van der Waals surface area contributed by atoms with Crippen LogP contribution in [0.4, 0.5) is 0 Å². The molecule has 2 aromatic carbocycles. The van der Waals surface area contributed by atoms with Gasteiger partial charge >= 0.3 is 0 Å². The molecule has 0 bridgehead atoms. The number of carbonyl (C=O) groups is 1. The minimum Gasteiger partial charge on any atom is -0.497 e. The van der Waals surface area contributed by atoms with Gasteiger partial charge in [0.1, 0.15) is 11.5 Å². The summed E-state index contributed by atoms with van der Waals surface area (Å²) in [5, 5.41) is 0. The van der Waals surface area contributed by atoms with Crippen molar-refractivity contribution in [1.82, 2.24) is 9.97 Å². The standard InChI is InChI=1S/C28H32N2O2/c1-20-8-12-23(13-9-20)28-19-29-26(27(30-28)17-21-6-4-3-5-7-21)18-24(31)16-22-10-14-25(32-2)15-11-22/h8-15,19,21H,3-7,16-18H2,1-2H3. The fraction of sp³-hybridized carbons (Fsp3) is 0.393. The second-order valence-corrected chi connectivity index (χ2v) is 8.96. The Bertz CT molecular complexity index is 1040. The molecule has 4 nitrogen and oxygen atoms in total.